The van der Waals surface area contributed by atoms with Gasteiger partial charge in [-0.25, -0.2) is 0 Å². The first-order valence-electron chi connectivity index (χ1n) is 2.37. The second kappa shape index (κ2) is 2.39. The van der Waals surface area contributed by atoms with Crippen LogP contribution in [0.4, 0.5) is 5.69 Å². The molecular weight excluding hydrogens is 205 g/mol. The molecule has 0 aliphatic rings. The van der Waals surface area contributed by atoms with Crippen molar-refractivity contribution in [3.63, 3.8) is 0 Å². The molecule has 2 N–H and O–H groups in total. The van der Waals surface area contributed by atoms with E-state index in [1.54, 1.807) is 0 Å². The van der Waals surface area contributed by atoms with Gasteiger partial charge in [-0.15, -0.1) is 0 Å². The average Bonchev–Trinajstić information content (AvgIpc) is 1.77. The Balaban J connectivity index is 3.13. The van der Waals surface area contributed by atoms with Crippen molar-refractivity contribution in [1.82, 2.24) is 0 Å². The van der Waals surface area contributed by atoms with E-state index >= 15 is 0 Å². The van der Waals surface area contributed by atoms with Gasteiger partial charge in [-0.1, -0.05) is 0 Å². The van der Waals surface area contributed by atoms with Crippen LogP contribution in [0.2, 0.25) is 0 Å². The number of benzene rings is 1. The summed E-state index contributed by atoms with van der Waals surface area (Å²) in [6.07, 6.45) is 0. The minimum atomic E-state index is 0.908. The van der Waals surface area contributed by atoms with Gasteiger partial charge < -0.3 is 0 Å². The van der Waals surface area contributed by atoms with Gasteiger partial charge in [0.15, 0.2) is 0 Å². The SMILES string of the molecule is Nc1cccc[c]1[Sn]. The third-order valence-electron chi connectivity index (χ3n) is 0.961. The van der Waals surface area contributed by atoms with Gasteiger partial charge in [0.2, 0.25) is 0 Å². The summed E-state index contributed by atoms with van der Waals surface area (Å²) in [7, 11) is 0. The van der Waals surface area contributed by atoms with Crippen LogP contribution in [0.1, 0.15) is 0 Å². The number of nitrogen functional groups attached to an aromatic ring is 1. The Morgan fingerprint density at radius 2 is 1.88 bits per heavy atom. The first kappa shape index (κ1) is 5.95. The summed E-state index contributed by atoms with van der Waals surface area (Å²) in [5.41, 5.74) is 6.45. The molecule has 0 spiro atoms. The summed E-state index contributed by atoms with van der Waals surface area (Å²) < 4.78 is 1.24. The summed E-state index contributed by atoms with van der Waals surface area (Å²) in [4.78, 5) is 0. The van der Waals surface area contributed by atoms with E-state index < -0.39 is 0 Å². The Bertz CT molecular complexity index is 165. The predicted octanol–water partition coefficient (Wildman–Crippen LogP) is 0.0626. The molecular formula is C6H6NSn. The van der Waals surface area contributed by atoms with Crippen LogP contribution >= 0.6 is 0 Å². The van der Waals surface area contributed by atoms with Crippen LogP contribution in [0.25, 0.3) is 0 Å². The molecule has 39 valence electrons. The number of hydrogen-bond donors (Lipinski definition) is 1. The van der Waals surface area contributed by atoms with Crippen LogP contribution < -0.4 is 9.31 Å². The van der Waals surface area contributed by atoms with E-state index in [-0.39, 0.29) is 0 Å². The normalized spacial score (nSPS) is 9.12. The topological polar surface area (TPSA) is 26.0 Å². The van der Waals surface area contributed by atoms with Crippen molar-refractivity contribution in [3.05, 3.63) is 24.3 Å². The third kappa shape index (κ3) is 1.15. The zero-order valence-corrected chi connectivity index (χ0v) is 7.24. The van der Waals surface area contributed by atoms with E-state index in [0.29, 0.717) is 0 Å². The van der Waals surface area contributed by atoms with Crippen LogP contribution in [-0.2, 0) is 0 Å². The van der Waals surface area contributed by atoms with E-state index in [9.17, 15) is 0 Å². The van der Waals surface area contributed by atoms with Gasteiger partial charge in [-0.2, -0.15) is 0 Å². The Hall–Kier alpha value is -0.181. The molecule has 0 fully saturated rings. The summed E-state index contributed by atoms with van der Waals surface area (Å²) in [5.74, 6) is 0. The molecule has 8 heavy (non-hydrogen) atoms. The minimum absolute atomic E-state index is 0.908. The monoisotopic (exact) mass is 212 g/mol. The van der Waals surface area contributed by atoms with E-state index in [2.05, 4.69) is 0 Å². The summed E-state index contributed by atoms with van der Waals surface area (Å²) in [6.45, 7) is 0. The number of nitrogens with two attached hydrogens (primary N) is 1. The first-order valence-corrected chi connectivity index (χ1v) is 3.79. The fourth-order valence-corrected chi connectivity index (χ4v) is 1.01. The van der Waals surface area contributed by atoms with Crippen molar-refractivity contribution in [1.29, 1.82) is 0 Å². The molecule has 0 bridgehead atoms. The average molecular weight is 211 g/mol. The van der Waals surface area contributed by atoms with Crippen LogP contribution in [0.3, 0.4) is 0 Å². The molecule has 0 atom stereocenters. The third-order valence-corrected chi connectivity index (χ3v) is 2.26. The molecule has 2 heteroatoms. The van der Waals surface area contributed by atoms with Crippen molar-refractivity contribution in [2.45, 2.75) is 0 Å². The molecule has 0 saturated heterocycles. The van der Waals surface area contributed by atoms with Crippen LogP contribution in [-0.4, -0.2) is 22.5 Å². The molecule has 0 aliphatic heterocycles. The first-order chi connectivity index (χ1) is 3.80. The molecule has 1 aromatic carbocycles. The molecule has 0 aliphatic carbocycles. The molecule has 1 rings (SSSR count). The maximum atomic E-state index is 5.54. The van der Waals surface area contributed by atoms with E-state index in [1.807, 2.05) is 24.3 Å². The van der Waals surface area contributed by atoms with Gasteiger partial charge in [0, 0.05) is 0 Å². The Labute approximate surface area is 62.0 Å². The Kier molecular flexibility index (Phi) is 1.78. The molecule has 0 aromatic heterocycles. The standard InChI is InChI=1S/C6H6N.Sn/c7-6-4-2-1-3-5-6;/h1-4H,7H2;. The van der Waals surface area contributed by atoms with Gasteiger partial charge >= 0.3 is 61.8 Å². The molecule has 0 heterocycles. The van der Waals surface area contributed by atoms with E-state index in [4.69, 9.17) is 5.73 Å². The molecule has 3 radical (unpaired) electrons. The number of anilines is 1. The molecule has 0 unspecified atom stereocenters. The van der Waals surface area contributed by atoms with Crippen molar-refractivity contribution >= 4 is 31.8 Å². The van der Waals surface area contributed by atoms with Gasteiger partial charge in [-0.05, 0) is 0 Å². The van der Waals surface area contributed by atoms with Crippen LogP contribution in [0, 0.1) is 0 Å². The zero-order valence-electron chi connectivity index (χ0n) is 4.39. The van der Waals surface area contributed by atoms with Crippen LogP contribution in [0.15, 0.2) is 24.3 Å². The van der Waals surface area contributed by atoms with Gasteiger partial charge in [0.25, 0.3) is 0 Å². The van der Waals surface area contributed by atoms with Gasteiger partial charge in [-0.3, -0.25) is 0 Å². The maximum absolute atomic E-state index is 5.54. The van der Waals surface area contributed by atoms with E-state index in [0.717, 1.165) is 5.69 Å². The second-order valence-electron chi connectivity index (χ2n) is 1.59. The number of para-hydroxylation sites is 1. The van der Waals surface area contributed by atoms with Gasteiger partial charge in [0.1, 0.15) is 0 Å². The fraction of sp³-hybridized carbons (Fsp3) is 0. The van der Waals surface area contributed by atoms with Crippen molar-refractivity contribution in [3.8, 4) is 0 Å². The Morgan fingerprint density at radius 3 is 2.25 bits per heavy atom. The Morgan fingerprint density at radius 1 is 1.25 bits per heavy atom. The van der Waals surface area contributed by atoms with Crippen molar-refractivity contribution in [2.24, 2.45) is 0 Å². The molecule has 1 aromatic rings. The molecule has 0 amide bonds. The van der Waals surface area contributed by atoms with Crippen LogP contribution in [0.5, 0.6) is 0 Å². The summed E-state index contributed by atoms with van der Waals surface area (Å²) >= 11 is 1.38. The van der Waals surface area contributed by atoms with Crippen molar-refractivity contribution in [2.75, 3.05) is 5.73 Å². The quantitative estimate of drug-likeness (QED) is 0.476. The summed E-state index contributed by atoms with van der Waals surface area (Å²) in [6, 6.07) is 7.90. The van der Waals surface area contributed by atoms with E-state index in [1.165, 1.54) is 26.1 Å². The predicted molar refractivity (Wildman–Crippen MR) is 36.2 cm³/mol. The molecule has 1 nitrogen and oxygen atoms in total. The van der Waals surface area contributed by atoms with Gasteiger partial charge in [0.05, 0.1) is 0 Å². The summed E-state index contributed by atoms with van der Waals surface area (Å²) in [5, 5.41) is 0. The number of rotatable bonds is 0. The zero-order chi connectivity index (χ0) is 5.98. The second-order valence-corrected chi connectivity index (χ2v) is 3.12. The molecule has 0 saturated carbocycles. The number of hydrogen-bond acceptors (Lipinski definition) is 1. The fourth-order valence-electron chi connectivity index (χ4n) is 0.497. The van der Waals surface area contributed by atoms with Crippen molar-refractivity contribution < 1.29 is 0 Å².